The summed E-state index contributed by atoms with van der Waals surface area (Å²) in [6, 6.07) is 51.5. The van der Waals surface area contributed by atoms with Crippen LogP contribution in [0.25, 0.3) is 0 Å². The van der Waals surface area contributed by atoms with E-state index >= 15 is 0 Å². The predicted octanol–water partition coefficient (Wildman–Crippen LogP) is 10.7. The second-order valence-corrected chi connectivity index (χ2v) is 18.6. The van der Waals surface area contributed by atoms with Crippen molar-refractivity contribution >= 4 is 46.4 Å². The number of hydrogen-bond acceptors (Lipinski definition) is 11. The molecule has 0 saturated heterocycles. The molecule has 1 amide bonds. The first-order chi connectivity index (χ1) is 35.2. The lowest BCUT2D eigenvalue weighted by Gasteiger charge is -2.22. The molecule has 0 aliphatic rings. The number of carbonyl (C=O) groups excluding carboxylic acids is 2. The van der Waals surface area contributed by atoms with Crippen molar-refractivity contribution in [3.05, 3.63) is 179 Å². The third kappa shape index (κ3) is 19.7. The Hall–Kier alpha value is -6.73. The van der Waals surface area contributed by atoms with Gasteiger partial charge >= 0.3 is 5.97 Å². The molecule has 0 heterocycles. The highest BCUT2D eigenvalue weighted by molar-refractivity contribution is 6.13. The number of rotatable bonds is 24. The number of benzene rings is 6. The monoisotopic (exact) mass is 1010 g/mol. The van der Waals surface area contributed by atoms with E-state index in [2.05, 4.69) is 207 Å². The van der Waals surface area contributed by atoms with Crippen LogP contribution in [0, 0.1) is 0 Å². The second-order valence-electron chi connectivity index (χ2n) is 18.3. The molecule has 0 unspecified atom stereocenters. The average Bonchev–Trinajstić information content (AvgIpc) is 3.39. The summed E-state index contributed by atoms with van der Waals surface area (Å²) >= 11 is 5.39. The summed E-state index contributed by atoms with van der Waals surface area (Å²) in [6.45, 7) is 6.91. The summed E-state index contributed by atoms with van der Waals surface area (Å²) in [6.07, 6.45) is 2.09. The Balaban J connectivity index is 0.000000301. The van der Waals surface area contributed by atoms with Gasteiger partial charge in [0.05, 0.1) is 19.8 Å². The van der Waals surface area contributed by atoms with Gasteiger partial charge in [-0.15, -0.1) is 0 Å². The van der Waals surface area contributed by atoms with Crippen molar-refractivity contribution in [1.29, 1.82) is 0 Å². The Kier molecular flexibility index (Phi) is 25.5. The van der Waals surface area contributed by atoms with E-state index < -0.39 is 0 Å². The molecule has 4 N–H and O–H groups in total. The molecular formula is C60H80ClN7O5. The summed E-state index contributed by atoms with van der Waals surface area (Å²) in [5.41, 5.74) is 16.9. The predicted molar refractivity (Wildman–Crippen MR) is 306 cm³/mol. The lowest BCUT2D eigenvalue weighted by Crippen LogP contribution is -2.29. The maximum Gasteiger partial charge on any atom is 0.305 e. The number of amides is 1. The van der Waals surface area contributed by atoms with Gasteiger partial charge in [0, 0.05) is 117 Å². The zero-order valence-electron chi connectivity index (χ0n) is 44.9. The minimum Gasteiger partial charge on any atom is -0.494 e. The Morgan fingerprint density at radius 3 is 1.04 bits per heavy atom. The molecule has 0 spiro atoms. The van der Waals surface area contributed by atoms with E-state index in [4.69, 9.17) is 31.7 Å². The molecule has 392 valence electrons. The fourth-order valence-electron chi connectivity index (χ4n) is 7.93. The summed E-state index contributed by atoms with van der Waals surface area (Å²) in [5.74, 6) is 1.66. The fraction of sp³-hybridized carbons (Fsp3) is 0.367. The third-order valence-corrected chi connectivity index (χ3v) is 12.0. The van der Waals surface area contributed by atoms with Crippen molar-refractivity contribution in [2.24, 2.45) is 5.73 Å². The van der Waals surface area contributed by atoms with Crippen LogP contribution in [-0.2, 0) is 14.3 Å². The van der Waals surface area contributed by atoms with Gasteiger partial charge in [-0.05, 0) is 144 Å². The van der Waals surface area contributed by atoms with E-state index in [0.717, 1.165) is 18.0 Å². The number of esters is 1. The Labute approximate surface area is 441 Å². The van der Waals surface area contributed by atoms with Crippen LogP contribution in [0.4, 0.5) is 22.7 Å². The third-order valence-electron chi connectivity index (χ3n) is 11.9. The molecule has 6 aromatic rings. The highest BCUT2D eigenvalue weighted by Crippen LogP contribution is 2.36. The molecule has 12 nitrogen and oxygen atoms in total. The van der Waals surface area contributed by atoms with Crippen molar-refractivity contribution in [1.82, 2.24) is 10.2 Å². The van der Waals surface area contributed by atoms with Crippen molar-refractivity contribution in [3.8, 4) is 11.5 Å². The molecule has 0 aromatic heterocycles. The van der Waals surface area contributed by atoms with Gasteiger partial charge in [0.25, 0.3) is 0 Å². The largest absolute Gasteiger partial charge is 0.494 e. The van der Waals surface area contributed by atoms with E-state index in [1.165, 1.54) is 56.1 Å². The van der Waals surface area contributed by atoms with E-state index in [0.29, 0.717) is 58.6 Å². The number of hydrogen-bond donors (Lipinski definition) is 3. The van der Waals surface area contributed by atoms with Gasteiger partial charge in [0.2, 0.25) is 5.91 Å². The standard InChI is InChI=1S/C29H37ClN4O2.C29H36N2O3.C2H7N/c1-33(2)25-13-7-22(8-14-25)29(23-9-15-26(16-10-23)34(3)4)24-11-17-27(18-12-24)36-21-5-6-28(35)31-19-20-32-30;1-6-33-28(32)8-7-21-34-27-19-13-24(14-20-27)29(22-9-15-25(16-10-22)30(2)3)23-11-17-26(18-12-23)31(4)5;1-2-3/h7-18,29,32H,5-6,19-21H2,1-4H3,(H,31,35);9-20,29H,6-8,21H2,1-5H3;2-3H2,1H3. The molecule has 0 aliphatic carbocycles. The number of halogens is 1. The van der Waals surface area contributed by atoms with E-state index in [1.807, 2.05) is 38.1 Å². The zero-order chi connectivity index (χ0) is 53.1. The highest BCUT2D eigenvalue weighted by Gasteiger charge is 2.19. The van der Waals surface area contributed by atoms with E-state index in [-0.39, 0.29) is 23.7 Å². The second kappa shape index (κ2) is 31.7. The van der Waals surface area contributed by atoms with Crippen molar-refractivity contribution in [3.63, 3.8) is 0 Å². The van der Waals surface area contributed by atoms with Gasteiger partial charge in [-0.1, -0.05) is 79.7 Å². The smallest absolute Gasteiger partial charge is 0.305 e. The molecule has 0 saturated carbocycles. The fourth-order valence-corrected chi connectivity index (χ4v) is 8.02. The summed E-state index contributed by atoms with van der Waals surface area (Å²) in [5, 5.41) is 2.81. The summed E-state index contributed by atoms with van der Waals surface area (Å²) in [7, 11) is 16.4. The van der Waals surface area contributed by atoms with Crippen LogP contribution in [0.2, 0.25) is 0 Å². The molecule has 0 fully saturated rings. The Morgan fingerprint density at radius 1 is 0.479 bits per heavy atom. The van der Waals surface area contributed by atoms with Crippen LogP contribution >= 0.6 is 11.8 Å². The molecule has 0 radical (unpaired) electrons. The van der Waals surface area contributed by atoms with Gasteiger partial charge in [0.15, 0.2) is 0 Å². The van der Waals surface area contributed by atoms with Crippen LogP contribution in [-0.4, -0.2) is 108 Å². The zero-order valence-corrected chi connectivity index (χ0v) is 45.6. The maximum atomic E-state index is 11.8. The van der Waals surface area contributed by atoms with Crippen molar-refractivity contribution < 1.29 is 23.8 Å². The first-order valence-corrected chi connectivity index (χ1v) is 25.6. The van der Waals surface area contributed by atoms with Crippen LogP contribution in [0.5, 0.6) is 11.5 Å². The minimum absolute atomic E-state index is 0.00396. The number of nitrogens with zero attached hydrogens (tertiary/aromatic N) is 4. The van der Waals surface area contributed by atoms with E-state index in [9.17, 15) is 9.59 Å². The number of anilines is 4. The van der Waals surface area contributed by atoms with Gasteiger partial charge in [0.1, 0.15) is 11.5 Å². The van der Waals surface area contributed by atoms with Crippen LogP contribution < -0.4 is 45.0 Å². The number of nitrogens with two attached hydrogens (primary N) is 1. The van der Waals surface area contributed by atoms with Crippen LogP contribution in [0.3, 0.4) is 0 Å². The molecular weight excluding hydrogens is 934 g/mol. The summed E-state index contributed by atoms with van der Waals surface area (Å²) < 4.78 is 16.7. The highest BCUT2D eigenvalue weighted by atomic mass is 35.5. The lowest BCUT2D eigenvalue weighted by atomic mass is 9.85. The maximum absolute atomic E-state index is 11.8. The molecule has 0 aliphatic heterocycles. The van der Waals surface area contributed by atoms with Gasteiger partial charge in [-0.3, -0.25) is 9.59 Å². The number of carbonyl (C=O) groups is 2. The number of nitrogens with one attached hydrogen (secondary N) is 2. The Bertz CT molecular complexity index is 2360. The molecule has 6 aromatic carbocycles. The van der Waals surface area contributed by atoms with Crippen LogP contribution in [0.1, 0.15) is 84.7 Å². The lowest BCUT2D eigenvalue weighted by molar-refractivity contribution is -0.143. The molecule has 0 atom stereocenters. The SMILES string of the molecule is CCN.CCOC(=O)CCCOc1ccc(C(c2ccc(N(C)C)cc2)c2ccc(N(C)C)cc2)cc1.CN(C)c1ccc(C(c2ccc(OCCCC(=O)NCCNCl)cc2)c2ccc(N(C)C)cc2)cc1. The average molecular weight is 1010 g/mol. The van der Waals surface area contributed by atoms with Crippen LogP contribution in [0.15, 0.2) is 146 Å². The first-order valence-electron chi connectivity index (χ1n) is 25.2. The number of ether oxygens (including phenoxy) is 3. The van der Waals surface area contributed by atoms with E-state index in [1.54, 1.807) is 0 Å². The Morgan fingerprint density at radius 2 is 0.767 bits per heavy atom. The normalized spacial score (nSPS) is 10.6. The molecule has 0 bridgehead atoms. The summed E-state index contributed by atoms with van der Waals surface area (Å²) in [4.78, 5) is 34.2. The minimum atomic E-state index is -0.176. The van der Waals surface area contributed by atoms with Gasteiger partial charge in [-0.25, -0.2) is 4.84 Å². The molecule has 6 rings (SSSR count). The quantitative estimate of drug-likeness (QED) is 0.0232. The topological polar surface area (TPSA) is 125 Å². The van der Waals surface area contributed by atoms with Crippen molar-refractivity contribution in [2.45, 2.75) is 51.4 Å². The molecule has 73 heavy (non-hydrogen) atoms. The molecule has 13 heteroatoms. The van der Waals surface area contributed by atoms with Gasteiger partial charge in [-0.2, -0.15) is 0 Å². The van der Waals surface area contributed by atoms with Gasteiger partial charge < -0.3 is 44.9 Å². The first kappa shape index (κ1) is 58.8. The van der Waals surface area contributed by atoms with Crippen molar-refractivity contribution in [2.75, 3.05) is 115 Å².